The monoisotopic (exact) mass is 337 g/mol. The molecule has 132 valence electrons. The van der Waals surface area contributed by atoms with Crippen LogP contribution in [0.1, 0.15) is 17.2 Å². The molecule has 4 heteroatoms. The molecule has 1 amide bonds. The number of rotatable bonds is 5. The van der Waals surface area contributed by atoms with Gasteiger partial charge < -0.3 is 4.90 Å². The van der Waals surface area contributed by atoms with E-state index < -0.39 is 0 Å². The molecule has 2 aromatic carbocycles. The first kappa shape index (κ1) is 17.6. The molecular formula is C21H27N3O. The molecular weight excluding hydrogens is 310 g/mol. The molecule has 0 radical (unpaired) electrons. The molecule has 2 aromatic rings. The van der Waals surface area contributed by atoms with Crippen molar-refractivity contribution in [1.82, 2.24) is 14.7 Å². The summed E-state index contributed by atoms with van der Waals surface area (Å²) in [5.41, 5.74) is 2.39. The van der Waals surface area contributed by atoms with E-state index in [2.05, 4.69) is 29.2 Å². The minimum absolute atomic E-state index is 0.204. The summed E-state index contributed by atoms with van der Waals surface area (Å²) in [5, 5.41) is 0. The van der Waals surface area contributed by atoms with Crippen LogP contribution < -0.4 is 0 Å². The van der Waals surface area contributed by atoms with E-state index in [0.29, 0.717) is 0 Å². The van der Waals surface area contributed by atoms with Crippen molar-refractivity contribution >= 4 is 5.91 Å². The predicted molar refractivity (Wildman–Crippen MR) is 101 cm³/mol. The Hall–Kier alpha value is -2.17. The van der Waals surface area contributed by atoms with Crippen LogP contribution in [0.25, 0.3) is 0 Å². The van der Waals surface area contributed by atoms with E-state index in [0.717, 1.165) is 38.3 Å². The van der Waals surface area contributed by atoms with Gasteiger partial charge in [-0.3, -0.25) is 14.6 Å². The molecule has 25 heavy (non-hydrogen) atoms. The molecule has 0 bridgehead atoms. The number of hydrogen-bond acceptors (Lipinski definition) is 3. The normalized spacial score (nSPS) is 16.8. The van der Waals surface area contributed by atoms with Gasteiger partial charge >= 0.3 is 0 Å². The lowest BCUT2D eigenvalue weighted by Gasteiger charge is -2.37. The molecule has 1 atom stereocenters. The average Bonchev–Trinajstić information content (AvgIpc) is 2.64. The second-order valence-electron chi connectivity index (χ2n) is 6.86. The molecule has 0 saturated carbocycles. The minimum atomic E-state index is -0.207. The third kappa shape index (κ3) is 4.47. The number of piperazine rings is 1. The van der Waals surface area contributed by atoms with Crippen LogP contribution in [-0.2, 0) is 11.3 Å². The zero-order valence-electron chi connectivity index (χ0n) is 15.1. The smallest absolute Gasteiger partial charge is 0.244 e. The van der Waals surface area contributed by atoms with Gasteiger partial charge in [-0.15, -0.1) is 0 Å². The van der Waals surface area contributed by atoms with Gasteiger partial charge in [0, 0.05) is 32.7 Å². The van der Waals surface area contributed by atoms with Crippen molar-refractivity contribution < 1.29 is 4.79 Å². The average molecular weight is 337 g/mol. The minimum Gasteiger partial charge on any atom is -0.338 e. The lowest BCUT2D eigenvalue weighted by atomic mass is 10.0. The van der Waals surface area contributed by atoms with Gasteiger partial charge in [-0.05, 0) is 25.2 Å². The van der Waals surface area contributed by atoms with Gasteiger partial charge in [0.2, 0.25) is 5.91 Å². The van der Waals surface area contributed by atoms with Crippen LogP contribution in [0.2, 0.25) is 0 Å². The van der Waals surface area contributed by atoms with Crippen molar-refractivity contribution in [2.24, 2.45) is 0 Å². The van der Waals surface area contributed by atoms with Crippen molar-refractivity contribution in [1.29, 1.82) is 0 Å². The Morgan fingerprint density at radius 3 is 2.04 bits per heavy atom. The van der Waals surface area contributed by atoms with Crippen molar-refractivity contribution in [3.05, 3.63) is 71.8 Å². The van der Waals surface area contributed by atoms with Gasteiger partial charge in [0.05, 0.1) is 0 Å². The quantitative estimate of drug-likeness (QED) is 0.839. The van der Waals surface area contributed by atoms with Crippen molar-refractivity contribution in [2.75, 3.05) is 40.3 Å². The highest BCUT2D eigenvalue weighted by Crippen LogP contribution is 2.21. The number of nitrogens with zero attached hydrogens (tertiary/aromatic N) is 3. The second-order valence-corrected chi connectivity index (χ2v) is 6.86. The Morgan fingerprint density at radius 1 is 0.920 bits per heavy atom. The van der Waals surface area contributed by atoms with Crippen molar-refractivity contribution in [2.45, 2.75) is 12.6 Å². The summed E-state index contributed by atoms with van der Waals surface area (Å²) in [6.45, 7) is 4.40. The molecule has 0 spiro atoms. The number of amides is 1. The third-order valence-electron chi connectivity index (χ3n) is 4.80. The van der Waals surface area contributed by atoms with Gasteiger partial charge in [-0.1, -0.05) is 60.7 Å². The third-order valence-corrected chi connectivity index (χ3v) is 4.80. The summed E-state index contributed by atoms with van der Waals surface area (Å²) < 4.78 is 0. The van der Waals surface area contributed by atoms with Crippen LogP contribution in [0.5, 0.6) is 0 Å². The zero-order valence-corrected chi connectivity index (χ0v) is 15.1. The molecule has 3 rings (SSSR count). The molecule has 1 aliphatic rings. The highest BCUT2D eigenvalue weighted by Gasteiger charge is 2.29. The number of carbonyl (C=O) groups excluding carboxylic acids is 1. The summed E-state index contributed by atoms with van der Waals surface area (Å²) in [5.74, 6) is 0.204. The van der Waals surface area contributed by atoms with E-state index in [-0.39, 0.29) is 11.9 Å². The zero-order chi connectivity index (χ0) is 17.6. The van der Waals surface area contributed by atoms with Crippen LogP contribution in [0.4, 0.5) is 0 Å². The summed E-state index contributed by atoms with van der Waals surface area (Å²) in [7, 11) is 3.95. The molecule has 0 unspecified atom stereocenters. The first-order valence-electron chi connectivity index (χ1n) is 8.91. The van der Waals surface area contributed by atoms with Crippen LogP contribution >= 0.6 is 0 Å². The van der Waals surface area contributed by atoms with Crippen LogP contribution in [0.15, 0.2) is 60.7 Å². The number of benzene rings is 2. The van der Waals surface area contributed by atoms with Gasteiger partial charge in [0.15, 0.2) is 0 Å². The summed E-state index contributed by atoms with van der Waals surface area (Å²) in [6.07, 6.45) is 0. The maximum atomic E-state index is 13.1. The highest BCUT2D eigenvalue weighted by molar-refractivity contribution is 5.83. The molecule has 1 heterocycles. The van der Waals surface area contributed by atoms with Crippen LogP contribution in [0, 0.1) is 0 Å². The Morgan fingerprint density at radius 2 is 1.48 bits per heavy atom. The fourth-order valence-corrected chi connectivity index (χ4v) is 3.44. The summed E-state index contributed by atoms with van der Waals surface area (Å²) in [6, 6.07) is 20.4. The largest absolute Gasteiger partial charge is 0.338 e. The number of likely N-dealkylation sites (N-methyl/N-ethyl adjacent to an activating group) is 1. The van der Waals surface area contributed by atoms with E-state index in [1.165, 1.54) is 5.56 Å². The molecule has 0 aliphatic carbocycles. The molecule has 4 nitrogen and oxygen atoms in total. The Bertz CT molecular complexity index is 664. The molecule has 1 saturated heterocycles. The van der Waals surface area contributed by atoms with E-state index in [1.54, 1.807) is 0 Å². The summed E-state index contributed by atoms with van der Waals surface area (Å²) in [4.78, 5) is 19.5. The highest BCUT2D eigenvalue weighted by atomic mass is 16.2. The van der Waals surface area contributed by atoms with Crippen LogP contribution in [0.3, 0.4) is 0 Å². The fraction of sp³-hybridized carbons (Fsp3) is 0.381. The maximum Gasteiger partial charge on any atom is 0.244 e. The van der Waals surface area contributed by atoms with Gasteiger partial charge in [-0.2, -0.15) is 0 Å². The molecule has 0 N–H and O–H groups in total. The molecule has 1 fully saturated rings. The van der Waals surface area contributed by atoms with Crippen LogP contribution in [-0.4, -0.2) is 60.9 Å². The van der Waals surface area contributed by atoms with E-state index in [9.17, 15) is 4.79 Å². The Kier molecular flexibility index (Phi) is 5.84. The second kappa shape index (κ2) is 8.28. The molecule has 0 aromatic heterocycles. The molecule has 1 aliphatic heterocycles. The lowest BCUT2D eigenvalue weighted by Crippen LogP contribution is -2.51. The van der Waals surface area contributed by atoms with Crippen molar-refractivity contribution in [3.8, 4) is 0 Å². The first-order valence-corrected chi connectivity index (χ1v) is 8.91. The Balaban J connectivity index is 1.60. The SMILES string of the molecule is CN(C)[C@H](C(=O)N1CCN(Cc2ccccc2)CC1)c1ccccc1. The number of hydrogen-bond donors (Lipinski definition) is 0. The summed E-state index contributed by atoms with van der Waals surface area (Å²) >= 11 is 0. The first-order chi connectivity index (χ1) is 12.1. The van der Waals surface area contributed by atoms with E-state index in [4.69, 9.17) is 0 Å². The van der Waals surface area contributed by atoms with Gasteiger partial charge in [-0.25, -0.2) is 0 Å². The standard InChI is InChI=1S/C21H27N3O/c1-22(2)20(19-11-7-4-8-12-19)21(25)24-15-13-23(14-16-24)17-18-9-5-3-6-10-18/h3-12,20H,13-17H2,1-2H3/t20-/m0/s1. The number of carbonyl (C=O) groups is 1. The predicted octanol–water partition coefficient (Wildman–Crippen LogP) is 2.63. The topological polar surface area (TPSA) is 26.8 Å². The van der Waals surface area contributed by atoms with Gasteiger partial charge in [0.25, 0.3) is 0 Å². The van der Waals surface area contributed by atoms with E-state index in [1.807, 2.05) is 60.3 Å². The Labute approximate surface area is 150 Å². The van der Waals surface area contributed by atoms with E-state index >= 15 is 0 Å². The van der Waals surface area contributed by atoms with Crippen molar-refractivity contribution in [3.63, 3.8) is 0 Å². The lowest BCUT2D eigenvalue weighted by molar-refractivity contribution is -0.138. The fourth-order valence-electron chi connectivity index (χ4n) is 3.44. The maximum absolute atomic E-state index is 13.1. The van der Waals surface area contributed by atoms with Gasteiger partial charge in [0.1, 0.15) is 6.04 Å².